The van der Waals surface area contributed by atoms with Gasteiger partial charge >= 0.3 is 0 Å². The normalized spacial score (nSPS) is 30.5. The molecule has 0 radical (unpaired) electrons. The Morgan fingerprint density at radius 1 is 1.40 bits per heavy atom. The summed E-state index contributed by atoms with van der Waals surface area (Å²) in [7, 11) is 0. The summed E-state index contributed by atoms with van der Waals surface area (Å²) in [6.07, 6.45) is 8.18. The van der Waals surface area contributed by atoms with Crippen LogP contribution in [0.1, 0.15) is 0 Å². The predicted molar refractivity (Wildman–Crippen MR) is 38.4 cm³/mol. The van der Waals surface area contributed by atoms with Crippen LogP contribution in [0.5, 0.6) is 0 Å². The highest BCUT2D eigenvalue weighted by molar-refractivity contribution is 5.58. The highest BCUT2D eigenvalue weighted by Gasteiger charge is 2.15. The maximum absolute atomic E-state index is 10.3. The minimum atomic E-state index is -0.130. The fraction of sp³-hybridized carbons (Fsp3) is 0.375. The van der Waals surface area contributed by atoms with E-state index in [0.29, 0.717) is 0 Å². The molecule has 0 amide bonds. The Hall–Kier alpha value is -0.890. The van der Waals surface area contributed by atoms with Gasteiger partial charge in [0, 0.05) is 11.8 Å². The molecule has 54 valence electrons. The zero-order valence-electron chi connectivity index (χ0n) is 5.60. The summed E-state index contributed by atoms with van der Waals surface area (Å²) in [6.45, 7) is 0.0459. The van der Waals surface area contributed by atoms with Gasteiger partial charge in [0.15, 0.2) is 0 Å². The average molecular weight is 138 g/mol. The molecule has 0 fully saturated rings. The van der Waals surface area contributed by atoms with Gasteiger partial charge in [-0.3, -0.25) is 0 Å². The lowest BCUT2D eigenvalue weighted by Crippen LogP contribution is -2.17. The smallest absolute Gasteiger partial charge is 0.127 e. The summed E-state index contributed by atoms with van der Waals surface area (Å²) >= 11 is 0. The summed E-state index contributed by atoms with van der Waals surface area (Å²) in [4.78, 5) is 10.3. The number of allylic oxidation sites excluding steroid dienone is 3. The van der Waals surface area contributed by atoms with Crippen LogP contribution < -0.4 is 0 Å². The summed E-state index contributed by atoms with van der Waals surface area (Å²) in [5.74, 6) is -0.141. The van der Waals surface area contributed by atoms with Crippen LogP contribution in [0.25, 0.3) is 0 Å². The van der Waals surface area contributed by atoms with Gasteiger partial charge in [0.05, 0.1) is 6.61 Å². The molecule has 0 saturated heterocycles. The number of hydrogen-bond donors (Lipinski definition) is 1. The van der Waals surface area contributed by atoms with Gasteiger partial charge in [-0.05, 0) is 0 Å². The molecule has 0 aliphatic heterocycles. The molecule has 2 atom stereocenters. The van der Waals surface area contributed by atoms with Gasteiger partial charge in [0.25, 0.3) is 0 Å². The zero-order chi connectivity index (χ0) is 7.40. The van der Waals surface area contributed by atoms with Crippen LogP contribution in [0.15, 0.2) is 24.3 Å². The third kappa shape index (κ3) is 1.33. The van der Waals surface area contributed by atoms with E-state index < -0.39 is 0 Å². The van der Waals surface area contributed by atoms with E-state index in [1.54, 1.807) is 6.08 Å². The van der Waals surface area contributed by atoms with Gasteiger partial charge in [0.1, 0.15) is 6.29 Å². The Bertz CT molecular complexity index is 170. The second-order valence-electron chi connectivity index (χ2n) is 2.33. The van der Waals surface area contributed by atoms with Crippen LogP contribution in [-0.4, -0.2) is 18.0 Å². The summed E-state index contributed by atoms with van der Waals surface area (Å²) in [5.41, 5.74) is 0. The highest BCUT2D eigenvalue weighted by atomic mass is 16.3. The lowest BCUT2D eigenvalue weighted by Gasteiger charge is -2.15. The molecule has 2 unspecified atom stereocenters. The van der Waals surface area contributed by atoms with Crippen molar-refractivity contribution >= 4 is 6.29 Å². The number of hydrogen-bond acceptors (Lipinski definition) is 2. The monoisotopic (exact) mass is 138 g/mol. The van der Waals surface area contributed by atoms with E-state index in [4.69, 9.17) is 5.11 Å². The SMILES string of the molecule is O=CC1C=CC=CC1CO. The van der Waals surface area contributed by atoms with Gasteiger partial charge in [-0.1, -0.05) is 24.3 Å². The van der Waals surface area contributed by atoms with Crippen molar-refractivity contribution in [2.75, 3.05) is 6.61 Å². The number of carbonyl (C=O) groups excluding carboxylic acids is 1. The molecular formula is C8H10O2. The maximum Gasteiger partial charge on any atom is 0.127 e. The fourth-order valence-electron chi connectivity index (χ4n) is 0.999. The number of aldehydes is 1. The van der Waals surface area contributed by atoms with Crippen molar-refractivity contribution in [1.82, 2.24) is 0 Å². The molecular weight excluding hydrogens is 128 g/mol. The van der Waals surface area contributed by atoms with E-state index in [1.807, 2.05) is 18.2 Å². The number of aliphatic hydroxyl groups excluding tert-OH is 1. The minimum Gasteiger partial charge on any atom is -0.396 e. The Balaban J connectivity index is 2.63. The molecule has 0 saturated carbocycles. The van der Waals surface area contributed by atoms with Crippen molar-refractivity contribution < 1.29 is 9.90 Å². The fourth-order valence-corrected chi connectivity index (χ4v) is 0.999. The molecule has 10 heavy (non-hydrogen) atoms. The first-order valence-corrected chi connectivity index (χ1v) is 3.29. The van der Waals surface area contributed by atoms with Crippen LogP contribution in [0.3, 0.4) is 0 Å². The molecule has 1 aliphatic carbocycles. The van der Waals surface area contributed by atoms with Crippen molar-refractivity contribution in [3.05, 3.63) is 24.3 Å². The first kappa shape index (κ1) is 7.22. The number of rotatable bonds is 2. The molecule has 2 nitrogen and oxygen atoms in total. The minimum absolute atomic E-state index is 0.0116. The second kappa shape index (κ2) is 3.32. The van der Waals surface area contributed by atoms with E-state index >= 15 is 0 Å². The first-order valence-electron chi connectivity index (χ1n) is 3.29. The summed E-state index contributed by atoms with van der Waals surface area (Å²) in [5, 5.41) is 8.75. The molecule has 0 aromatic rings. The van der Waals surface area contributed by atoms with Crippen LogP contribution in [0.4, 0.5) is 0 Å². The number of carbonyl (C=O) groups is 1. The van der Waals surface area contributed by atoms with Gasteiger partial charge in [-0.25, -0.2) is 0 Å². The predicted octanol–water partition coefficient (Wildman–Crippen LogP) is 0.536. The Kier molecular flexibility index (Phi) is 2.40. The second-order valence-corrected chi connectivity index (χ2v) is 2.33. The topological polar surface area (TPSA) is 37.3 Å². The van der Waals surface area contributed by atoms with Crippen molar-refractivity contribution in [3.63, 3.8) is 0 Å². The molecule has 0 aromatic heterocycles. The first-order chi connectivity index (χ1) is 4.88. The molecule has 0 spiro atoms. The summed E-state index contributed by atoms with van der Waals surface area (Å²) < 4.78 is 0. The Labute approximate surface area is 59.9 Å². The standard InChI is InChI=1S/C8H10O2/c9-5-7-3-1-2-4-8(7)6-10/h1-5,7-8,10H,6H2. The Morgan fingerprint density at radius 3 is 2.60 bits per heavy atom. The van der Waals surface area contributed by atoms with Crippen molar-refractivity contribution in [2.24, 2.45) is 11.8 Å². The average Bonchev–Trinajstić information content (AvgIpc) is 2.04. The van der Waals surface area contributed by atoms with Gasteiger partial charge in [0.2, 0.25) is 0 Å². The lowest BCUT2D eigenvalue weighted by molar-refractivity contribution is -0.111. The van der Waals surface area contributed by atoms with Crippen molar-refractivity contribution in [1.29, 1.82) is 0 Å². The van der Waals surface area contributed by atoms with E-state index in [1.165, 1.54) is 0 Å². The van der Waals surface area contributed by atoms with Crippen LogP contribution >= 0.6 is 0 Å². The molecule has 0 heterocycles. The van der Waals surface area contributed by atoms with Gasteiger partial charge in [-0.2, -0.15) is 0 Å². The quantitative estimate of drug-likeness (QED) is 0.565. The van der Waals surface area contributed by atoms with E-state index in [9.17, 15) is 4.79 Å². The van der Waals surface area contributed by atoms with Gasteiger partial charge < -0.3 is 9.90 Å². The van der Waals surface area contributed by atoms with Crippen LogP contribution in [0.2, 0.25) is 0 Å². The third-order valence-corrected chi connectivity index (χ3v) is 1.67. The molecule has 2 heteroatoms. The largest absolute Gasteiger partial charge is 0.396 e. The molecule has 0 aromatic carbocycles. The molecule has 1 rings (SSSR count). The van der Waals surface area contributed by atoms with E-state index in [0.717, 1.165) is 6.29 Å². The summed E-state index contributed by atoms with van der Waals surface area (Å²) in [6, 6.07) is 0. The molecule has 1 N–H and O–H groups in total. The van der Waals surface area contributed by atoms with E-state index in [-0.39, 0.29) is 18.4 Å². The maximum atomic E-state index is 10.3. The van der Waals surface area contributed by atoms with Crippen LogP contribution in [0, 0.1) is 11.8 Å². The lowest BCUT2D eigenvalue weighted by atomic mass is 9.90. The molecule has 0 bridgehead atoms. The molecule has 1 aliphatic rings. The number of aliphatic hydroxyl groups is 1. The van der Waals surface area contributed by atoms with Gasteiger partial charge in [-0.15, -0.1) is 0 Å². The third-order valence-electron chi connectivity index (χ3n) is 1.67. The van der Waals surface area contributed by atoms with Crippen LogP contribution in [-0.2, 0) is 4.79 Å². The zero-order valence-corrected chi connectivity index (χ0v) is 5.60. The van der Waals surface area contributed by atoms with Crippen molar-refractivity contribution in [3.8, 4) is 0 Å². The Morgan fingerprint density at radius 2 is 2.10 bits per heavy atom. The van der Waals surface area contributed by atoms with Crippen molar-refractivity contribution in [2.45, 2.75) is 0 Å². The highest BCUT2D eigenvalue weighted by Crippen LogP contribution is 2.16. The van der Waals surface area contributed by atoms with E-state index in [2.05, 4.69) is 0 Å².